The average molecular weight is 320 g/mol. The number of ether oxygens (including phenoxy) is 1. The van der Waals surface area contributed by atoms with Gasteiger partial charge in [-0.2, -0.15) is 0 Å². The van der Waals surface area contributed by atoms with Crippen molar-refractivity contribution < 1.29 is 13.9 Å². The van der Waals surface area contributed by atoms with Crippen LogP contribution < -0.4 is 4.74 Å². The molecule has 0 N–H and O–H groups in total. The van der Waals surface area contributed by atoms with Crippen LogP contribution in [0, 0.1) is 5.92 Å². The molecule has 1 aliphatic carbocycles. The zero-order valence-corrected chi connectivity index (χ0v) is 13.1. The Morgan fingerprint density at radius 2 is 2.27 bits per heavy atom. The lowest BCUT2D eigenvalue weighted by Gasteiger charge is -2.17. The van der Waals surface area contributed by atoms with Gasteiger partial charge in [0.2, 0.25) is 5.91 Å². The van der Waals surface area contributed by atoms with Gasteiger partial charge in [0.1, 0.15) is 18.1 Å². The third kappa shape index (κ3) is 3.45. The average Bonchev–Trinajstić information content (AvgIpc) is 3.11. The minimum absolute atomic E-state index is 0.0438. The van der Waals surface area contributed by atoms with Gasteiger partial charge in [0.25, 0.3) is 0 Å². The number of rotatable bonds is 6. The van der Waals surface area contributed by atoms with E-state index >= 15 is 0 Å². The van der Waals surface area contributed by atoms with Crippen molar-refractivity contribution in [1.29, 1.82) is 0 Å². The van der Waals surface area contributed by atoms with E-state index in [-0.39, 0.29) is 17.7 Å². The standard InChI is InChI=1S/C17H18ClNO3/c1-19(7-9-21-13-5-2-4-12(18)10-13)17(20)15-11-14(15)16-6-3-8-22-16/h2-6,8,10,14-15H,7,9,11H2,1H3. The number of likely N-dealkylation sites (N-methyl/N-ethyl adjacent to an activating group) is 1. The Bertz CT molecular complexity index is 641. The number of halogens is 1. The third-order valence-corrected chi connectivity index (χ3v) is 4.12. The largest absolute Gasteiger partial charge is 0.492 e. The third-order valence-electron chi connectivity index (χ3n) is 3.88. The molecular weight excluding hydrogens is 302 g/mol. The summed E-state index contributed by atoms with van der Waals surface area (Å²) in [6.07, 6.45) is 2.52. The number of furan rings is 1. The number of amides is 1. The summed E-state index contributed by atoms with van der Waals surface area (Å²) in [7, 11) is 1.81. The summed E-state index contributed by atoms with van der Waals surface area (Å²) >= 11 is 5.90. The molecule has 3 rings (SSSR count). The quantitative estimate of drug-likeness (QED) is 0.817. The summed E-state index contributed by atoms with van der Waals surface area (Å²) in [5.74, 6) is 2.05. The van der Waals surface area contributed by atoms with Crippen molar-refractivity contribution in [2.75, 3.05) is 20.2 Å². The molecular formula is C17H18ClNO3. The maximum atomic E-state index is 12.3. The van der Waals surface area contributed by atoms with Crippen LogP contribution in [0.3, 0.4) is 0 Å². The monoisotopic (exact) mass is 319 g/mol. The van der Waals surface area contributed by atoms with Crippen molar-refractivity contribution in [3.8, 4) is 5.75 Å². The van der Waals surface area contributed by atoms with E-state index in [2.05, 4.69) is 0 Å². The Labute approximate surface area is 134 Å². The van der Waals surface area contributed by atoms with E-state index in [9.17, 15) is 4.79 Å². The fourth-order valence-corrected chi connectivity index (χ4v) is 2.72. The van der Waals surface area contributed by atoms with Gasteiger partial charge < -0.3 is 14.1 Å². The van der Waals surface area contributed by atoms with Gasteiger partial charge in [-0.05, 0) is 36.8 Å². The van der Waals surface area contributed by atoms with Crippen molar-refractivity contribution >= 4 is 17.5 Å². The molecule has 1 heterocycles. The summed E-state index contributed by atoms with van der Waals surface area (Å²) in [5.41, 5.74) is 0. The fourth-order valence-electron chi connectivity index (χ4n) is 2.54. The summed E-state index contributed by atoms with van der Waals surface area (Å²) in [6, 6.07) is 11.0. The van der Waals surface area contributed by atoms with Crippen LogP contribution in [-0.2, 0) is 4.79 Å². The molecule has 5 heteroatoms. The van der Waals surface area contributed by atoms with Gasteiger partial charge in [0.05, 0.1) is 12.8 Å². The van der Waals surface area contributed by atoms with Crippen LogP contribution in [0.15, 0.2) is 47.1 Å². The fraction of sp³-hybridized carbons (Fsp3) is 0.353. The SMILES string of the molecule is CN(CCOc1cccc(Cl)c1)C(=O)C1CC1c1ccco1. The van der Waals surface area contributed by atoms with E-state index in [1.807, 2.05) is 24.3 Å². The molecule has 1 aromatic heterocycles. The lowest BCUT2D eigenvalue weighted by Crippen LogP contribution is -2.32. The topological polar surface area (TPSA) is 42.7 Å². The highest BCUT2D eigenvalue weighted by Crippen LogP contribution is 2.48. The molecule has 116 valence electrons. The van der Waals surface area contributed by atoms with Gasteiger partial charge in [-0.15, -0.1) is 0 Å². The van der Waals surface area contributed by atoms with Gasteiger partial charge in [-0.1, -0.05) is 17.7 Å². The predicted octanol–water partition coefficient (Wildman–Crippen LogP) is 3.57. The molecule has 4 nitrogen and oxygen atoms in total. The number of carbonyl (C=O) groups is 1. The molecule has 0 spiro atoms. The molecule has 1 aromatic carbocycles. The molecule has 0 aliphatic heterocycles. The Balaban J connectivity index is 1.44. The lowest BCUT2D eigenvalue weighted by atomic mass is 10.2. The molecule has 2 aromatic rings. The lowest BCUT2D eigenvalue weighted by molar-refractivity contribution is -0.131. The van der Waals surface area contributed by atoms with Crippen LogP contribution in [0.2, 0.25) is 5.02 Å². The van der Waals surface area contributed by atoms with Gasteiger partial charge in [-0.25, -0.2) is 0 Å². The van der Waals surface area contributed by atoms with Crippen molar-refractivity contribution in [2.24, 2.45) is 5.92 Å². The Hall–Kier alpha value is -1.94. The van der Waals surface area contributed by atoms with E-state index in [0.29, 0.717) is 23.9 Å². The maximum absolute atomic E-state index is 12.3. The molecule has 0 bridgehead atoms. The first-order chi connectivity index (χ1) is 10.6. The molecule has 2 unspecified atom stereocenters. The molecule has 1 saturated carbocycles. The summed E-state index contributed by atoms with van der Waals surface area (Å²) in [5, 5.41) is 0.640. The van der Waals surface area contributed by atoms with Gasteiger partial charge in [0.15, 0.2) is 0 Å². The first-order valence-electron chi connectivity index (χ1n) is 7.32. The van der Waals surface area contributed by atoms with Gasteiger partial charge >= 0.3 is 0 Å². The first-order valence-corrected chi connectivity index (χ1v) is 7.69. The van der Waals surface area contributed by atoms with Crippen LogP contribution >= 0.6 is 11.6 Å². The summed E-state index contributed by atoms with van der Waals surface area (Å²) in [4.78, 5) is 14.0. The van der Waals surface area contributed by atoms with Crippen molar-refractivity contribution in [1.82, 2.24) is 4.90 Å². The Kier molecular flexibility index (Phi) is 4.39. The van der Waals surface area contributed by atoms with Crippen LogP contribution in [-0.4, -0.2) is 31.0 Å². The molecule has 0 radical (unpaired) electrons. The molecule has 1 amide bonds. The summed E-state index contributed by atoms with van der Waals surface area (Å²) < 4.78 is 11.0. The minimum Gasteiger partial charge on any atom is -0.492 e. The first kappa shape index (κ1) is 15.0. The van der Waals surface area contributed by atoms with Crippen LogP contribution in [0.4, 0.5) is 0 Å². The van der Waals surface area contributed by atoms with Crippen LogP contribution in [0.25, 0.3) is 0 Å². The number of nitrogens with zero attached hydrogens (tertiary/aromatic N) is 1. The Morgan fingerprint density at radius 1 is 1.41 bits per heavy atom. The van der Waals surface area contributed by atoms with Crippen LogP contribution in [0.1, 0.15) is 18.1 Å². The van der Waals surface area contributed by atoms with Crippen LogP contribution in [0.5, 0.6) is 5.75 Å². The number of hydrogen-bond acceptors (Lipinski definition) is 3. The zero-order valence-electron chi connectivity index (χ0n) is 12.4. The van der Waals surface area contributed by atoms with Gasteiger partial charge in [0, 0.05) is 23.9 Å². The van der Waals surface area contributed by atoms with Crippen molar-refractivity contribution in [2.45, 2.75) is 12.3 Å². The number of carbonyl (C=O) groups excluding carboxylic acids is 1. The molecule has 1 aliphatic rings. The molecule has 0 saturated heterocycles. The maximum Gasteiger partial charge on any atom is 0.226 e. The molecule has 2 atom stereocenters. The van der Waals surface area contributed by atoms with E-state index < -0.39 is 0 Å². The zero-order chi connectivity index (χ0) is 15.5. The smallest absolute Gasteiger partial charge is 0.226 e. The highest BCUT2D eigenvalue weighted by molar-refractivity contribution is 6.30. The van der Waals surface area contributed by atoms with Crippen molar-refractivity contribution in [3.63, 3.8) is 0 Å². The van der Waals surface area contributed by atoms with E-state index in [1.54, 1.807) is 30.3 Å². The van der Waals surface area contributed by atoms with E-state index in [0.717, 1.165) is 12.2 Å². The highest BCUT2D eigenvalue weighted by Gasteiger charge is 2.46. The Morgan fingerprint density at radius 3 is 3.00 bits per heavy atom. The van der Waals surface area contributed by atoms with E-state index in [1.165, 1.54) is 0 Å². The second kappa shape index (κ2) is 6.44. The second-order valence-corrected chi connectivity index (χ2v) is 5.97. The number of hydrogen-bond donors (Lipinski definition) is 0. The predicted molar refractivity (Wildman–Crippen MR) is 84.1 cm³/mol. The number of benzene rings is 1. The normalized spacial score (nSPS) is 19.7. The highest BCUT2D eigenvalue weighted by atomic mass is 35.5. The van der Waals surface area contributed by atoms with E-state index in [4.69, 9.17) is 20.8 Å². The second-order valence-electron chi connectivity index (χ2n) is 5.53. The molecule has 1 fully saturated rings. The minimum atomic E-state index is 0.0438. The van der Waals surface area contributed by atoms with Crippen molar-refractivity contribution in [3.05, 3.63) is 53.4 Å². The van der Waals surface area contributed by atoms with Gasteiger partial charge in [-0.3, -0.25) is 4.79 Å². The molecule has 22 heavy (non-hydrogen) atoms. The summed E-state index contributed by atoms with van der Waals surface area (Å²) in [6.45, 7) is 0.993.